The number of allylic oxidation sites excluding steroid dienone is 1. The summed E-state index contributed by atoms with van der Waals surface area (Å²) < 4.78 is 46.2. The number of anilines is 2. The summed E-state index contributed by atoms with van der Waals surface area (Å²) in [5, 5.41) is 11.6. The summed E-state index contributed by atoms with van der Waals surface area (Å²) in [5.74, 6) is 0.992. The Morgan fingerprint density at radius 3 is 2.69 bits per heavy atom. The summed E-state index contributed by atoms with van der Waals surface area (Å²) in [4.78, 5) is 8.41. The van der Waals surface area contributed by atoms with Crippen molar-refractivity contribution in [2.45, 2.75) is 19.6 Å². The Morgan fingerprint density at radius 1 is 1.06 bits per heavy atom. The monoisotopic (exact) mass is 500 g/mol. The van der Waals surface area contributed by atoms with E-state index in [1.807, 2.05) is 37.3 Å². The maximum absolute atomic E-state index is 13.0. The molecule has 0 radical (unpaired) electrons. The lowest BCUT2D eigenvalue weighted by molar-refractivity contribution is -0.137. The van der Waals surface area contributed by atoms with Crippen molar-refractivity contribution in [1.29, 1.82) is 0 Å². The molecule has 0 saturated carbocycles. The number of pyridine rings is 2. The second-order valence-electron chi connectivity index (χ2n) is 7.51. The van der Waals surface area contributed by atoms with Crippen molar-refractivity contribution < 1.29 is 17.9 Å². The number of benzene rings is 1. The molecule has 11 heteroatoms. The number of para-hydroxylation sites is 1. The molecule has 3 heterocycles. The molecule has 3 aromatic heterocycles. The number of ether oxygens (including phenoxy) is 1. The van der Waals surface area contributed by atoms with E-state index in [2.05, 4.69) is 25.6 Å². The Hall–Kier alpha value is -3.92. The minimum absolute atomic E-state index is 0.0386. The van der Waals surface area contributed by atoms with Crippen LogP contribution in [0.4, 0.5) is 24.8 Å². The van der Waals surface area contributed by atoms with Gasteiger partial charge in [-0.05, 0) is 55.0 Å². The van der Waals surface area contributed by atoms with E-state index < -0.39 is 11.7 Å². The van der Waals surface area contributed by atoms with E-state index in [1.165, 1.54) is 0 Å². The average molecular weight is 501 g/mol. The van der Waals surface area contributed by atoms with E-state index in [1.54, 1.807) is 29.1 Å². The zero-order chi connectivity index (χ0) is 24.8. The number of nitrogens with one attached hydrogen (secondary N) is 1. The standard InChI is InChI=1S/C24H20ClF3N6O/c1-16-12-19(30-23(13-16)31-22-14-17(8-9-29-22)24(26,27)28)20-15-34(33-32-20)10-4-5-11-35-21-7-3-2-6-18(21)25/h2-9,12-15H,10-11H2,1H3,(H,29,30,31)/b5-4+. The fraction of sp³-hybridized carbons (Fsp3) is 0.167. The van der Waals surface area contributed by atoms with Gasteiger partial charge in [0.1, 0.15) is 29.7 Å². The average Bonchev–Trinajstić information content (AvgIpc) is 3.28. The minimum Gasteiger partial charge on any atom is -0.488 e. The number of halogens is 4. The highest BCUT2D eigenvalue weighted by molar-refractivity contribution is 6.32. The van der Waals surface area contributed by atoms with Gasteiger partial charge in [-0.3, -0.25) is 0 Å². The molecule has 0 fully saturated rings. The van der Waals surface area contributed by atoms with Gasteiger partial charge >= 0.3 is 6.18 Å². The van der Waals surface area contributed by atoms with Crippen molar-refractivity contribution in [1.82, 2.24) is 25.0 Å². The molecule has 35 heavy (non-hydrogen) atoms. The lowest BCUT2D eigenvalue weighted by Gasteiger charge is -2.10. The van der Waals surface area contributed by atoms with Crippen molar-refractivity contribution in [3.63, 3.8) is 0 Å². The number of aromatic nitrogens is 5. The van der Waals surface area contributed by atoms with E-state index in [-0.39, 0.29) is 5.82 Å². The van der Waals surface area contributed by atoms with Gasteiger partial charge in [-0.1, -0.05) is 35.0 Å². The van der Waals surface area contributed by atoms with Crippen LogP contribution in [0.15, 0.2) is 73.1 Å². The quantitative estimate of drug-likeness (QED) is 0.295. The molecule has 0 atom stereocenters. The van der Waals surface area contributed by atoms with Crippen LogP contribution in [0.25, 0.3) is 11.4 Å². The van der Waals surface area contributed by atoms with Crippen LogP contribution in [0.5, 0.6) is 5.75 Å². The molecular weight excluding hydrogens is 481 g/mol. The smallest absolute Gasteiger partial charge is 0.416 e. The van der Waals surface area contributed by atoms with Crippen LogP contribution in [0, 0.1) is 6.92 Å². The van der Waals surface area contributed by atoms with Crippen LogP contribution in [0.3, 0.4) is 0 Å². The van der Waals surface area contributed by atoms with Crippen molar-refractivity contribution in [2.75, 3.05) is 11.9 Å². The second kappa shape index (κ2) is 10.6. The van der Waals surface area contributed by atoms with Crippen molar-refractivity contribution in [3.05, 3.63) is 89.2 Å². The molecule has 4 aromatic rings. The summed E-state index contributed by atoms with van der Waals surface area (Å²) >= 11 is 6.06. The van der Waals surface area contributed by atoms with E-state index in [9.17, 15) is 13.2 Å². The van der Waals surface area contributed by atoms with Gasteiger partial charge in [0, 0.05) is 6.20 Å². The van der Waals surface area contributed by atoms with Gasteiger partial charge in [-0.25, -0.2) is 14.6 Å². The molecule has 0 bridgehead atoms. The Balaban J connectivity index is 1.40. The maximum atomic E-state index is 13.0. The summed E-state index contributed by atoms with van der Waals surface area (Å²) in [6.07, 6.45) is 2.09. The third-order valence-electron chi connectivity index (χ3n) is 4.75. The van der Waals surface area contributed by atoms with Gasteiger partial charge < -0.3 is 10.1 Å². The summed E-state index contributed by atoms with van der Waals surface area (Å²) in [6.45, 7) is 2.66. The number of aryl methyl sites for hydroxylation is 1. The van der Waals surface area contributed by atoms with Crippen molar-refractivity contribution in [2.24, 2.45) is 0 Å². The highest BCUT2D eigenvalue weighted by Crippen LogP contribution is 2.30. The zero-order valence-corrected chi connectivity index (χ0v) is 19.3. The van der Waals surface area contributed by atoms with Crippen LogP contribution in [0.2, 0.25) is 5.02 Å². The minimum atomic E-state index is -4.46. The van der Waals surface area contributed by atoms with Gasteiger partial charge in [0.05, 0.1) is 29.0 Å². The third-order valence-corrected chi connectivity index (χ3v) is 5.06. The lowest BCUT2D eigenvalue weighted by Crippen LogP contribution is -2.06. The number of hydrogen-bond acceptors (Lipinski definition) is 6. The van der Waals surface area contributed by atoms with E-state index >= 15 is 0 Å². The molecule has 1 N–H and O–H groups in total. The molecule has 0 unspecified atom stereocenters. The first-order valence-electron chi connectivity index (χ1n) is 10.5. The van der Waals surface area contributed by atoms with Gasteiger partial charge in [-0.2, -0.15) is 13.2 Å². The molecule has 7 nitrogen and oxygen atoms in total. The summed E-state index contributed by atoms with van der Waals surface area (Å²) in [6, 6.07) is 12.6. The van der Waals surface area contributed by atoms with Gasteiger partial charge in [-0.15, -0.1) is 5.10 Å². The number of rotatable bonds is 8. The molecule has 0 aliphatic heterocycles. The normalized spacial score (nSPS) is 11.7. The van der Waals surface area contributed by atoms with Crippen LogP contribution in [-0.4, -0.2) is 31.6 Å². The Kier molecular flexibility index (Phi) is 7.31. The second-order valence-corrected chi connectivity index (χ2v) is 7.91. The zero-order valence-electron chi connectivity index (χ0n) is 18.5. The molecule has 180 valence electrons. The molecule has 0 aliphatic carbocycles. The summed E-state index contributed by atoms with van der Waals surface area (Å²) in [5.41, 5.74) is 1.10. The van der Waals surface area contributed by atoms with Crippen LogP contribution >= 0.6 is 11.6 Å². The van der Waals surface area contributed by atoms with E-state index in [0.29, 0.717) is 41.1 Å². The fourth-order valence-electron chi connectivity index (χ4n) is 3.12. The predicted molar refractivity (Wildman–Crippen MR) is 127 cm³/mol. The SMILES string of the molecule is Cc1cc(Nc2cc(C(F)(F)F)ccn2)nc(-c2cn(C/C=C/COc3ccccc3Cl)nn2)c1. The topological polar surface area (TPSA) is 77.8 Å². The first kappa shape index (κ1) is 24.2. The Labute approximate surface area is 204 Å². The first-order valence-corrected chi connectivity index (χ1v) is 10.9. The Morgan fingerprint density at radius 2 is 1.89 bits per heavy atom. The highest BCUT2D eigenvalue weighted by Gasteiger charge is 2.30. The van der Waals surface area contributed by atoms with Crippen molar-refractivity contribution in [3.8, 4) is 17.1 Å². The molecular formula is C24H20ClF3N6O. The molecule has 4 rings (SSSR count). The predicted octanol–water partition coefficient (Wildman–Crippen LogP) is 6.09. The molecule has 0 saturated heterocycles. The van der Waals surface area contributed by atoms with Crippen LogP contribution < -0.4 is 10.1 Å². The van der Waals surface area contributed by atoms with E-state index in [0.717, 1.165) is 23.9 Å². The molecule has 0 amide bonds. The maximum Gasteiger partial charge on any atom is 0.416 e. The van der Waals surface area contributed by atoms with Gasteiger partial charge in [0.25, 0.3) is 0 Å². The van der Waals surface area contributed by atoms with Crippen LogP contribution in [0.1, 0.15) is 11.1 Å². The summed E-state index contributed by atoms with van der Waals surface area (Å²) in [7, 11) is 0. The van der Waals surface area contributed by atoms with Crippen molar-refractivity contribution >= 4 is 23.2 Å². The van der Waals surface area contributed by atoms with Gasteiger partial charge in [0.2, 0.25) is 0 Å². The third kappa shape index (κ3) is 6.57. The van der Waals surface area contributed by atoms with E-state index in [4.69, 9.17) is 16.3 Å². The number of hydrogen-bond donors (Lipinski definition) is 1. The van der Waals surface area contributed by atoms with Gasteiger partial charge in [0.15, 0.2) is 0 Å². The highest BCUT2D eigenvalue weighted by atomic mass is 35.5. The largest absolute Gasteiger partial charge is 0.488 e. The fourth-order valence-corrected chi connectivity index (χ4v) is 3.31. The molecule has 0 aliphatic rings. The lowest BCUT2D eigenvalue weighted by atomic mass is 10.2. The first-order chi connectivity index (χ1) is 16.8. The molecule has 1 aromatic carbocycles. The molecule has 0 spiro atoms. The number of alkyl halides is 3. The number of nitrogens with zero attached hydrogens (tertiary/aromatic N) is 5. The Bertz CT molecular complexity index is 1340. The van der Waals surface area contributed by atoms with Crippen LogP contribution in [-0.2, 0) is 12.7 Å².